The Labute approximate surface area is 88.7 Å². The third-order valence-corrected chi connectivity index (χ3v) is 2.03. The molecule has 0 aromatic heterocycles. The molecule has 4 nitrogen and oxygen atoms in total. The lowest BCUT2D eigenvalue weighted by Gasteiger charge is -2.08. The van der Waals surface area contributed by atoms with Gasteiger partial charge in [0.2, 0.25) is 0 Å². The second kappa shape index (κ2) is 5.14. The normalized spacial score (nSPS) is 17.5. The number of nitrogens with one attached hydrogen (secondary N) is 1. The number of aliphatic imine (C=N–C) groups is 1. The molecule has 78 valence electrons. The van der Waals surface area contributed by atoms with Crippen molar-refractivity contribution in [3.05, 3.63) is 35.9 Å². The summed E-state index contributed by atoms with van der Waals surface area (Å²) in [6, 6.07) is 9.97. The summed E-state index contributed by atoms with van der Waals surface area (Å²) < 4.78 is 0. The molecule has 0 aliphatic carbocycles. The summed E-state index contributed by atoms with van der Waals surface area (Å²) in [6.07, 6.45) is 1.69. The Morgan fingerprint density at radius 1 is 1.33 bits per heavy atom. The van der Waals surface area contributed by atoms with Gasteiger partial charge in [-0.3, -0.25) is 4.99 Å². The second-order valence-electron chi connectivity index (χ2n) is 3.27. The molecule has 0 amide bonds. The van der Waals surface area contributed by atoms with Crippen molar-refractivity contribution in [1.29, 1.82) is 0 Å². The van der Waals surface area contributed by atoms with Crippen LogP contribution >= 0.6 is 0 Å². The smallest absolute Gasteiger partial charge is 0.142 e. The second-order valence-corrected chi connectivity index (χ2v) is 3.27. The van der Waals surface area contributed by atoms with Gasteiger partial charge in [0, 0.05) is 0 Å². The van der Waals surface area contributed by atoms with E-state index in [9.17, 15) is 0 Å². The van der Waals surface area contributed by atoms with Gasteiger partial charge in [0.05, 0.1) is 25.1 Å². The highest BCUT2D eigenvalue weighted by Gasteiger charge is 2.01. The van der Waals surface area contributed by atoms with E-state index < -0.39 is 0 Å². The van der Waals surface area contributed by atoms with Crippen molar-refractivity contribution in [1.82, 2.24) is 5.32 Å². The van der Waals surface area contributed by atoms with Gasteiger partial charge in [0.15, 0.2) is 0 Å². The molecule has 0 radical (unpaired) electrons. The largest absolute Gasteiger partial charge is 0.391 e. The molecule has 1 aromatic rings. The van der Waals surface area contributed by atoms with Crippen LogP contribution in [0.25, 0.3) is 0 Å². The third kappa shape index (κ3) is 3.09. The van der Waals surface area contributed by atoms with Gasteiger partial charge < -0.3 is 10.2 Å². The highest BCUT2D eigenvalue weighted by molar-refractivity contribution is 5.92. The van der Waals surface area contributed by atoms with E-state index in [2.05, 4.69) is 15.5 Å². The van der Waals surface area contributed by atoms with Crippen LogP contribution in [0.5, 0.6) is 0 Å². The van der Waals surface area contributed by atoms with Crippen LogP contribution in [0.1, 0.15) is 5.56 Å². The molecule has 0 spiro atoms. The first kappa shape index (κ1) is 9.71. The summed E-state index contributed by atoms with van der Waals surface area (Å²) in [7, 11) is 0. The summed E-state index contributed by atoms with van der Waals surface area (Å²) >= 11 is 0. The molecule has 0 atom stereocenters. The minimum atomic E-state index is 0.508. The summed E-state index contributed by atoms with van der Waals surface area (Å²) in [5.74, 6) is 0. The minimum absolute atomic E-state index is 0.508. The van der Waals surface area contributed by atoms with E-state index in [-0.39, 0.29) is 0 Å². The first-order chi connectivity index (χ1) is 7.45. The fourth-order valence-corrected chi connectivity index (χ4v) is 1.27. The predicted octanol–water partition coefficient (Wildman–Crippen LogP) is 1.19. The van der Waals surface area contributed by atoms with Gasteiger partial charge in [-0.25, -0.2) is 0 Å². The lowest BCUT2D eigenvalue weighted by molar-refractivity contribution is 0.129. The van der Waals surface area contributed by atoms with Crippen molar-refractivity contribution in [2.75, 3.05) is 13.1 Å². The average molecular weight is 203 g/mol. The summed E-state index contributed by atoms with van der Waals surface area (Å²) in [5.41, 5.74) is 2.04. The van der Waals surface area contributed by atoms with Gasteiger partial charge in [0.25, 0.3) is 0 Å². The predicted molar refractivity (Wildman–Crippen MR) is 60.0 cm³/mol. The van der Waals surface area contributed by atoms with Crippen molar-refractivity contribution in [3.8, 4) is 0 Å². The fraction of sp³-hybridized carbons (Fsp3) is 0.273. The Hall–Kier alpha value is -1.84. The quantitative estimate of drug-likeness (QED) is 0.750. The van der Waals surface area contributed by atoms with Crippen molar-refractivity contribution in [3.63, 3.8) is 0 Å². The van der Waals surface area contributed by atoms with Crippen LogP contribution in [0.15, 0.2) is 40.5 Å². The van der Waals surface area contributed by atoms with Gasteiger partial charge >= 0.3 is 0 Å². The first-order valence-electron chi connectivity index (χ1n) is 4.88. The maximum Gasteiger partial charge on any atom is 0.142 e. The van der Waals surface area contributed by atoms with Crippen molar-refractivity contribution >= 4 is 12.1 Å². The van der Waals surface area contributed by atoms with Crippen LogP contribution in [0, 0.1) is 0 Å². The zero-order valence-electron chi connectivity index (χ0n) is 8.39. The molecule has 2 rings (SSSR count). The van der Waals surface area contributed by atoms with Crippen LogP contribution < -0.4 is 5.32 Å². The number of oxime groups is 1. The van der Waals surface area contributed by atoms with E-state index in [0.29, 0.717) is 13.2 Å². The Kier molecular flexibility index (Phi) is 3.33. The van der Waals surface area contributed by atoms with Gasteiger partial charge in [-0.1, -0.05) is 35.5 Å². The molecule has 0 bridgehead atoms. The summed E-state index contributed by atoms with van der Waals surface area (Å²) in [4.78, 5) is 9.27. The lowest BCUT2D eigenvalue weighted by atomic mass is 10.2. The number of hydrogen-bond donors (Lipinski definition) is 1. The first-order valence-corrected chi connectivity index (χ1v) is 4.88. The molecular formula is C11H13N3O. The molecule has 1 heterocycles. The van der Waals surface area contributed by atoms with Gasteiger partial charge in [0.1, 0.15) is 6.61 Å². The van der Waals surface area contributed by atoms with Crippen LogP contribution in [0.2, 0.25) is 0 Å². The maximum atomic E-state index is 5.23. The van der Waals surface area contributed by atoms with Crippen molar-refractivity contribution in [2.45, 2.75) is 6.61 Å². The molecule has 1 aliphatic heterocycles. The molecule has 0 fully saturated rings. The summed E-state index contributed by atoms with van der Waals surface area (Å²) in [5, 5.41) is 7.00. The molecule has 4 heteroatoms. The zero-order valence-corrected chi connectivity index (χ0v) is 8.39. The van der Waals surface area contributed by atoms with Crippen LogP contribution in [0.3, 0.4) is 0 Å². The number of rotatable bonds is 3. The van der Waals surface area contributed by atoms with E-state index >= 15 is 0 Å². The highest BCUT2D eigenvalue weighted by Crippen LogP contribution is 2.00. The third-order valence-electron chi connectivity index (χ3n) is 2.03. The van der Waals surface area contributed by atoms with E-state index in [1.165, 1.54) is 0 Å². The van der Waals surface area contributed by atoms with Crippen molar-refractivity contribution < 1.29 is 4.84 Å². The molecule has 1 aliphatic rings. The van der Waals surface area contributed by atoms with Crippen LogP contribution in [-0.2, 0) is 11.4 Å². The van der Waals surface area contributed by atoms with Crippen LogP contribution in [-0.4, -0.2) is 25.1 Å². The molecule has 0 saturated heterocycles. The van der Waals surface area contributed by atoms with E-state index in [1.807, 2.05) is 30.3 Å². The van der Waals surface area contributed by atoms with E-state index in [0.717, 1.165) is 17.8 Å². The molecule has 1 N–H and O–H groups in total. The molecule has 1 aromatic carbocycles. The number of hydrogen-bond acceptors (Lipinski definition) is 4. The fourth-order valence-electron chi connectivity index (χ4n) is 1.27. The zero-order chi connectivity index (χ0) is 10.3. The monoisotopic (exact) mass is 203 g/mol. The van der Waals surface area contributed by atoms with E-state index in [1.54, 1.807) is 6.34 Å². The van der Waals surface area contributed by atoms with E-state index in [4.69, 9.17) is 4.84 Å². The Morgan fingerprint density at radius 3 is 2.93 bits per heavy atom. The van der Waals surface area contributed by atoms with Crippen molar-refractivity contribution in [2.24, 2.45) is 10.1 Å². The Bertz CT molecular complexity index is 359. The molecular weight excluding hydrogens is 190 g/mol. The molecule has 15 heavy (non-hydrogen) atoms. The number of nitrogens with zero attached hydrogens (tertiary/aromatic N) is 2. The lowest BCUT2D eigenvalue weighted by Crippen LogP contribution is -2.28. The van der Waals surface area contributed by atoms with Gasteiger partial charge in [-0.2, -0.15) is 0 Å². The number of benzene rings is 1. The van der Waals surface area contributed by atoms with Crippen LogP contribution in [0.4, 0.5) is 0 Å². The highest BCUT2D eigenvalue weighted by atomic mass is 16.6. The molecule has 0 saturated carbocycles. The average Bonchev–Trinajstić information content (AvgIpc) is 2.32. The topological polar surface area (TPSA) is 46.0 Å². The Balaban J connectivity index is 1.81. The Morgan fingerprint density at radius 2 is 2.20 bits per heavy atom. The summed E-state index contributed by atoms with van der Waals surface area (Å²) in [6.45, 7) is 1.86. The molecule has 0 unspecified atom stereocenters. The maximum absolute atomic E-state index is 5.23. The SMILES string of the molecule is C1=NCC(=NOCc2ccccc2)CN1. The van der Waals surface area contributed by atoms with Gasteiger partial charge in [-0.15, -0.1) is 0 Å². The van der Waals surface area contributed by atoms with Gasteiger partial charge in [-0.05, 0) is 5.56 Å². The minimum Gasteiger partial charge on any atom is -0.391 e. The standard InChI is InChI=1S/C11H13N3O/c1-2-4-10(5-3-1)8-15-14-11-6-12-9-13-7-11/h1-5,9H,6-8H2,(H,12,13).